The largest absolute Gasteiger partial charge is 0.472 e. The lowest BCUT2D eigenvalue weighted by atomic mass is 9.85. The summed E-state index contributed by atoms with van der Waals surface area (Å²) < 4.78 is 32.9. The number of aliphatic hydroxyl groups excluding tert-OH is 5. The monoisotopic (exact) mass is 782 g/mol. The Balaban J connectivity index is 2.23. The number of carbonyl (C=O) groups is 2. The van der Waals surface area contributed by atoms with Gasteiger partial charge in [0.05, 0.1) is 6.61 Å². The summed E-state index contributed by atoms with van der Waals surface area (Å²) in [5.41, 5.74) is 0. The van der Waals surface area contributed by atoms with Crippen molar-refractivity contribution in [2.24, 2.45) is 0 Å². The number of carbonyl (C=O) groups excluding carboxylic acids is 2. The molecule has 1 fully saturated rings. The molecule has 53 heavy (non-hydrogen) atoms. The van der Waals surface area contributed by atoms with E-state index in [1.54, 1.807) is 0 Å². The second-order valence-corrected chi connectivity index (χ2v) is 16.3. The summed E-state index contributed by atoms with van der Waals surface area (Å²) in [6.07, 6.45) is 16.2. The molecule has 1 saturated carbocycles. The number of hydrogen-bond donors (Lipinski definition) is 6. The average Bonchev–Trinajstić information content (AvgIpc) is 3.14. The Morgan fingerprint density at radius 1 is 0.509 bits per heavy atom. The maximum atomic E-state index is 12.6. The summed E-state index contributed by atoms with van der Waals surface area (Å²) in [4.78, 5) is 34.8. The zero-order valence-corrected chi connectivity index (χ0v) is 33.7. The van der Waals surface area contributed by atoms with Gasteiger partial charge in [0.2, 0.25) is 0 Å². The molecule has 0 aromatic heterocycles. The maximum absolute atomic E-state index is 12.6. The summed E-state index contributed by atoms with van der Waals surface area (Å²) in [6, 6.07) is 0. The molecule has 14 heteroatoms. The standard InChI is InChI=1S/C39H75O13P/c1-3-5-7-8-9-10-11-12-13-14-15-16-17-18-19-20-21-22-23-24-25-26-28-33(41)51-31(29-49-32(40)27-6-4-2)30-50-53(47,48)52-39-37(45)35(43)34(42)36(44)38(39)46/h31,34-39,42-46H,3-30H2,1-2H3,(H,47,48). The Bertz CT molecular complexity index is 954. The molecule has 6 atom stereocenters. The number of esters is 2. The normalized spacial score (nSPS) is 23.4. The fourth-order valence-electron chi connectivity index (χ4n) is 6.50. The number of phosphoric acid groups is 1. The lowest BCUT2D eigenvalue weighted by Gasteiger charge is -2.41. The SMILES string of the molecule is CCCCCCCCCCCCCCCCCCCCCCCCC(=O)OC(COC(=O)CCCC)COP(=O)(O)OC1C(O)C(O)C(O)C(O)C1O. The summed E-state index contributed by atoms with van der Waals surface area (Å²) >= 11 is 0. The Morgan fingerprint density at radius 3 is 1.28 bits per heavy atom. The van der Waals surface area contributed by atoms with Crippen LogP contribution in [0.5, 0.6) is 0 Å². The molecule has 0 aromatic carbocycles. The van der Waals surface area contributed by atoms with Crippen molar-refractivity contribution in [2.45, 2.75) is 224 Å². The second-order valence-electron chi connectivity index (χ2n) is 14.9. The zero-order chi connectivity index (χ0) is 39.3. The fourth-order valence-corrected chi connectivity index (χ4v) is 7.47. The molecule has 1 aliphatic rings. The molecule has 0 saturated heterocycles. The molecule has 0 radical (unpaired) electrons. The van der Waals surface area contributed by atoms with Crippen LogP contribution in [0, 0.1) is 0 Å². The molecule has 0 aliphatic heterocycles. The van der Waals surface area contributed by atoms with E-state index in [2.05, 4.69) is 6.92 Å². The van der Waals surface area contributed by atoms with Crippen LogP contribution in [0.4, 0.5) is 0 Å². The van der Waals surface area contributed by atoms with Crippen LogP contribution in [0.2, 0.25) is 0 Å². The minimum Gasteiger partial charge on any atom is -0.462 e. The number of ether oxygens (including phenoxy) is 2. The van der Waals surface area contributed by atoms with Crippen molar-refractivity contribution in [3.63, 3.8) is 0 Å². The summed E-state index contributed by atoms with van der Waals surface area (Å²) in [5, 5.41) is 49.7. The number of unbranched alkanes of at least 4 members (excludes halogenated alkanes) is 22. The Labute approximate surface area is 319 Å². The third kappa shape index (κ3) is 24.2. The Morgan fingerprint density at radius 2 is 0.868 bits per heavy atom. The van der Waals surface area contributed by atoms with Crippen LogP contribution in [-0.4, -0.2) is 98.3 Å². The van der Waals surface area contributed by atoms with E-state index in [-0.39, 0.29) is 12.8 Å². The van der Waals surface area contributed by atoms with Crippen molar-refractivity contribution in [1.29, 1.82) is 0 Å². The van der Waals surface area contributed by atoms with Gasteiger partial charge >= 0.3 is 19.8 Å². The topological polar surface area (TPSA) is 210 Å². The molecule has 13 nitrogen and oxygen atoms in total. The molecule has 0 heterocycles. The number of aliphatic hydroxyl groups is 5. The minimum atomic E-state index is -5.09. The second kappa shape index (κ2) is 31.0. The number of rotatable bonds is 34. The smallest absolute Gasteiger partial charge is 0.462 e. The van der Waals surface area contributed by atoms with Crippen LogP contribution in [0.3, 0.4) is 0 Å². The third-order valence-corrected chi connectivity index (χ3v) is 10.9. The first kappa shape index (κ1) is 49.9. The van der Waals surface area contributed by atoms with Crippen LogP contribution in [0.1, 0.15) is 181 Å². The maximum Gasteiger partial charge on any atom is 0.472 e. The van der Waals surface area contributed by atoms with Crippen LogP contribution in [0.15, 0.2) is 0 Å². The lowest BCUT2D eigenvalue weighted by molar-refractivity contribution is -0.220. The highest BCUT2D eigenvalue weighted by atomic mass is 31.2. The lowest BCUT2D eigenvalue weighted by Crippen LogP contribution is -2.64. The molecular weight excluding hydrogens is 707 g/mol. The molecule has 1 rings (SSSR count). The van der Waals surface area contributed by atoms with Gasteiger partial charge in [-0.3, -0.25) is 18.6 Å². The van der Waals surface area contributed by atoms with E-state index in [1.807, 2.05) is 6.92 Å². The molecular formula is C39H75O13P. The van der Waals surface area contributed by atoms with Crippen LogP contribution >= 0.6 is 7.82 Å². The van der Waals surface area contributed by atoms with Crippen molar-refractivity contribution in [1.82, 2.24) is 0 Å². The quantitative estimate of drug-likeness (QED) is 0.0222. The number of phosphoric ester groups is 1. The summed E-state index contributed by atoms with van der Waals surface area (Å²) in [6.45, 7) is 3.01. The fraction of sp³-hybridized carbons (Fsp3) is 0.949. The van der Waals surface area contributed by atoms with Gasteiger partial charge in [-0.15, -0.1) is 0 Å². The van der Waals surface area contributed by atoms with Crippen LogP contribution in [0.25, 0.3) is 0 Å². The molecule has 0 spiro atoms. The zero-order valence-electron chi connectivity index (χ0n) is 32.8. The van der Waals surface area contributed by atoms with Crippen LogP contribution in [-0.2, 0) is 32.7 Å². The van der Waals surface area contributed by atoms with Crippen molar-refractivity contribution in [3.05, 3.63) is 0 Å². The highest BCUT2D eigenvalue weighted by Crippen LogP contribution is 2.47. The van der Waals surface area contributed by atoms with Crippen molar-refractivity contribution >= 4 is 19.8 Å². The van der Waals surface area contributed by atoms with Crippen LogP contribution < -0.4 is 0 Å². The minimum absolute atomic E-state index is 0.102. The highest BCUT2D eigenvalue weighted by Gasteiger charge is 2.51. The van der Waals surface area contributed by atoms with Gasteiger partial charge in [-0.05, 0) is 12.8 Å². The van der Waals surface area contributed by atoms with E-state index in [0.29, 0.717) is 12.8 Å². The highest BCUT2D eigenvalue weighted by molar-refractivity contribution is 7.47. The summed E-state index contributed by atoms with van der Waals surface area (Å²) in [7, 11) is -5.09. The van der Waals surface area contributed by atoms with Gasteiger partial charge in [-0.2, -0.15) is 0 Å². The van der Waals surface area contributed by atoms with Crippen molar-refractivity contribution in [2.75, 3.05) is 13.2 Å². The first-order chi connectivity index (χ1) is 25.4. The predicted molar refractivity (Wildman–Crippen MR) is 203 cm³/mol. The molecule has 6 unspecified atom stereocenters. The summed E-state index contributed by atoms with van der Waals surface area (Å²) in [5.74, 6) is -1.13. The first-order valence-electron chi connectivity index (χ1n) is 20.8. The Kier molecular flexibility index (Phi) is 29.2. The van der Waals surface area contributed by atoms with E-state index in [9.17, 15) is 44.6 Å². The van der Waals surface area contributed by atoms with Gasteiger partial charge in [0, 0.05) is 12.8 Å². The van der Waals surface area contributed by atoms with Gasteiger partial charge in [-0.1, -0.05) is 155 Å². The van der Waals surface area contributed by atoms with Gasteiger partial charge in [0.15, 0.2) is 6.10 Å². The van der Waals surface area contributed by atoms with E-state index in [0.717, 1.165) is 25.7 Å². The van der Waals surface area contributed by atoms with Crippen molar-refractivity contribution in [3.8, 4) is 0 Å². The van der Waals surface area contributed by atoms with Gasteiger partial charge in [-0.25, -0.2) is 4.57 Å². The predicted octanol–water partition coefficient (Wildman–Crippen LogP) is 6.94. The van der Waals surface area contributed by atoms with E-state index >= 15 is 0 Å². The molecule has 0 aromatic rings. The Hall–Kier alpha value is -1.15. The van der Waals surface area contributed by atoms with Crippen molar-refractivity contribution < 1.29 is 63.1 Å². The van der Waals surface area contributed by atoms with E-state index < -0.39 is 75.7 Å². The average molecular weight is 783 g/mol. The molecule has 314 valence electrons. The van der Waals surface area contributed by atoms with Gasteiger partial charge < -0.3 is 39.9 Å². The molecule has 6 N–H and O–H groups in total. The molecule has 1 aliphatic carbocycles. The van der Waals surface area contributed by atoms with E-state index in [1.165, 1.54) is 116 Å². The van der Waals surface area contributed by atoms with E-state index in [4.69, 9.17) is 18.5 Å². The molecule has 0 bridgehead atoms. The third-order valence-electron chi connectivity index (χ3n) is 9.95. The number of hydrogen-bond acceptors (Lipinski definition) is 12. The molecule has 0 amide bonds. The van der Waals surface area contributed by atoms with Gasteiger partial charge in [0.1, 0.15) is 43.2 Å². The van der Waals surface area contributed by atoms with Gasteiger partial charge in [0.25, 0.3) is 0 Å². The first-order valence-corrected chi connectivity index (χ1v) is 22.3.